The molecule has 3 aromatic rings. The molecule has 1 amide bonds. The summed E-state index contributed by atoms with van der Waals surface area (Å²) in [6, 6.07) is 8.45. The fourth-order valence-electron chi connectivity index (χ4n) is 3.06. The van der Waals surface area contributed by atoms with E-state index >= 15 is 0 Å². The number of benzene rings is 1. The Balaban J connectivity index is 1.71. The van der Waals surface area contributed by atoms with Crippen molar-refractivity contribution in [1.29, 1.82) is 5.26 Å². The van der Waals surface area contributed by atoms with Crippen LogP contribution in [0.1, 0.15) is 28.9 Å². The highest BCUT2D eigenvalue weighted by Gasteiger charge is 2.27. The molecule has 0 spiro atoms. The minimum absolute atomic E-state index is 0.125. The highest BCUT2D eigenvalue weighted by atomic mass is 32.2. The van der Waals surface area contributed by atoms with E-state index in [1.54, 1.807) is 35.7 Å². The normalized spacial score (nSPS) is 11.5. The lowest BCUT2D eigenvalue weighted by Crippen LogP contribution is -2.15. The quantitative estimate of drug-likeness (QED) is 0.581. The number of carbonyl (C=O) groups is 1. The molecule has 0 atom stereocenters. The van der Waals surface area contributed by atoms with Gasteiger partial charge in [-0.3, -0.25) is 4.79 Å². The van der Waals surface area contributed by atoms with E-state index in [0.717, 1.165) is 11.3 Å². The Morgan fingerprint density at radius 1 is 1.30 bits per heavy atom. The first-order chi connectivity index (χ1) is 14.2. The lowest BCUT2D eigenvalue weighted by Gasteiger charge is -2.13. The number of fused-ring (bicyclic) bond motifs is 1. The molecule has 3 rings (SSSR count). The second-order valence-electron chi connectivity index (χ2n) is 6.61. The molecule has 0 aliphatic carbocycles. The molecule has 156 valence electrons. The Kier molecular flexibility index (Phi) is 6.31. The Hall–Kier alpha value is -3.06. The number of hydrogen-bond donors (Lipinski definition) is 1. The summed E-state index contributed by atoms with van der Waals surface area (Å²) < 4.78 is 39.1. The first-order valence-corrected chi connectivity index (χ1v) is 10.0. The van der Waals surface area contributed by atoms with Crippen LogP contribution in [0.5, 0.6) is 0 Å². The fourth-order valence-corrected chi connectivity index (χ4v) is 3.83. The van der Waals surface area contributed by atoms with Gasteiger partial charge in [0.15, 0.2) is 5.65 Å². The average molecular weight is 433 g/mol. The van der Waals surface area contributed by atoms with Crippen LogP contribution < -0.4 is 5.32 Å². The Labute approximate surface area is 175 Å². The molecule has 0 saturated carbocycles. The van der Waals surface area contributed by atoms with Crippen molar-refractivity contribution >= 4 is 29.0 Å². The van der Waals surface area contributed by atoms with Crippen molar-refractivity contribution in [2.24, 2.45) is 0 Å². The van der Waals surface area contributed by atoms with Crippen LogP contribution in [0.2, 0.25) is 0 Å². The standard InChI is InChI=1S/C20H18F3N5OS/c1-12-15(13(2)28-19(26-12)14(9-24)10-25-28)7-8-18(29)27-16-5-3-4-6-17(16)30-11-20(21,22)23/h3-6,10H,7-8,11H2,1-2H3,(H,27,29). The molecule has 0 aliphatic heterocycles. The Bertz CT molecular complexity index is 1130. The van der Waals surface area contributed by atoms with Crippen LogP contribution in [-0.4, -0.2) is 32.4 Å². The molecule has 2 heterocycles. The summed E-state index contributed by atoms with van der Waals surface area (Å²) in [4.78, 5) is 17.2. The predicted molar refractivity (Wildman–Crippen MR) is 107 cm³/mol. The summed E-state index contributed by atoms with van der Waals surface area (Å²) in [5.74, 6) is -1.34. The molecule has 30 heavy (non-hydrogen) atoms. The van der Waals surface area contributed by atoms with Gasteiger partial charge in [-0.1, -0.05) is 12.1 Å². The van der Waals surface area contributed by atoms with Gasteiger partial charge in [0, 0.05) is 22.7 Å². The summed E-state index contributed by atoms with van der Waals surface area (Å²) in [7, 11) is 0. The number of hydrogen-bond acceptors (Lipinski definition) is 5. The maximum absolute atomic E-state index is 12.5. The van der Waals surface area contributed by atoms with E-state index in [0.29, 0.717) is 45.7 Å². The number of anilines is 1. The van der Waals surface area contributed by atoms with E-state index < -0.39 is 11.9 Å². The number of aryl methyl sites for hydroxylation is 2. The number of nitrogens with zero attached hydrogens (tertiary/aromatic N) is 4. The number of aromatic nitrogens is 3. The summed E-state index contributed by atoms with van der Waals surface area (Å²) in [5.41, 5.74) is 3.52. The largest absolute Gasteiger partial charge is 0.398 e. The van der Waals surface area contributed by atoms with Crippen LogP contribution in [0, 0.1) is 25.2 Å². The number of nitrogens with one attached hydrogen (secondary N) is 1. The van der Waals surface area contributed by atoms with Crippen molar-refractivity contribution in [3.63, 3.8) is 0 Å². The van der Waals surface area contributed by atoms with Crippen molar-refractivity contribution < 1.29 is 18.0 Å². The van der Waals surface area contributed by atoms with Crippen molar-refractivity contribution in [3.05, 3.63) is 53.0 Å². The minimum Gasteiger partial charge on any atom is -0.325 e. The van der Waals surface area contributed by atoms with Gasteiger partial charge in [-0.25, -0.2) is 9.50 Å². The number of carbonyl (C=O) groups excluding carboxylic acids is 1. The van der Waals surface area contributed by atoms with E-state index in [1.165, 1.54) is 6.20 Å². The highest BCUT2D eigenvalue weighted by molar-refractivity contribution is 7.99. The van der Waals surface area contributed by atoms with Crippen LogP contribution in [0.25, 0.3) is 5.65 Å². The first-order valence-electron chi connectivity index (χ1n) is 9.02. The number of para-hydroxylation sites is 1. The van der Waals surface area contributed by atoms with Gasteiger partial charge >= 0.3 is 6.18 Å². The molecule has 10 heteroatoms. The molecular formula is C20H18F3N5OS. The smallest absolute Gasteiger partial charge is 0.325 e. The third-order valence-electron chi connectivity index (χ3n) is 4.48. The first kappa shape index (κ1) is 21.6. The number of thioether (sulfide) groups is 1. The van der Waals surface area contributed by atoms with Gasteiger partial charge in [0.05, 0.1) is 17.6 Å². The molecule has 0 aliphatic rings. The van der Waals surface area contributed by atoms with Gasteiger partial charge in [0.1, 0.15) is 11.6 Å². The number of rotatable bonds is 6. The third-order valence-corrected chi connectivity index (χ3v) is 5.62. The number of nitriles is 1. The number of alkyl halides is 3. The summed E-state index contributed by atoms with van der Waals surface area (Å²) in [6.07, 6.45) is -2.34. The van der Waals surface area contributed by atoms with Gasteiger partial charge in [-0.15, -0.1) is 11.8 Å². The van der Waals surface area contributed by atoms with Crippen molar-refractivity contribution in [2.45, 2.75) is 37.8 Å². The van der Waals surface area contributed by atoms with E-state index in [-0.39, 0.29) is 12.3 Å². The molecular weight excluding hydrogens is 415 g/mol. The lowest BCUT2D eigenvalue weighted by atomic mass is 10.1. The van der Waals surface area contributed by atoms with Crippen molar-refractivity contribution in [1.82, 2.24) is 14.6 Å². The van der Waals surface area contributed by atoms with Crippen LogP contribution in [-0.2, 0) is 11.2 Å². The molecule has 6 nitrogen and oxygen atoms in total. The summed E-state index contributed by atoms with van der Waals surface area (Å²) in [6.45, 7) is 3.64. The van der Waals surface area contributed by atoms with E-state index in [1.807, 2.05) is 13.0 Å². The zero-order valence-corrected chi connectivity index (χ0v) is 17.1. The predicted octanol–water partition coefficient (Wildman–Crippen LogP) is 4.44. The van der Waals surface area contributed by atoms with Crippen LogP contribution in [0.15, 0.2) is 35.4 Å². The SMILES string of the molecule is Cc1nc2c(C#N)cnn2c(C)c1CCC(=O)Nc1ccccc1SCC(F)(F)F. The second-order valence-corrected chi connectivity index (χ2v) is 7.63. The molecule has 1 N–H and O–H groups in total. The maximum Gasteiger partial charge on any atom is 0.398 e. The monoisotopic (exact) mass is 433 g/mol. The van der Waals surface area contributed by atoms with Crippen LogP contribution in [0.3, 0.4) is 0 Å². The van der Waals surface area contributed by atoms with Crippen molar-refractivity contribution in [2.75, 3.05) is 11.1 Å². The highest BCUT2D eigenvalue weighted by Crippen LogP contribution is 2.32. The minimum atomic E-state index is -4.29. The molecule has 0 saturated heterocycles. The van der Waals surface area contributed by atoms with E-state index in [4.69, 9.17) is 5.26 Å². The summed E-state index contributed by atoms with van der Waals surface area (Å²) in [5, 5.41) is 16.0. The van der Waals surface area contributed by atoms with Crippen LogP contribution >= 0.6 is 11.8 Å². The lowest BCUT2D eigenvalue weighted by molar-refractivity contribution is -0.116. The zero-order chi connectivity index (χ0) is 21.9. The molecule has 0 radical (unpaired) electrons. The van der Waals surface area contributed by atoms with Gasteiger partial charge in [0.25, 0.3) is 0 Å². The van der Waals surface area contributed by atoms with Gasteiger partial charge in [-0.05, 0) is 38.0 Å². The molecule has 0 bridgehead atoms. The van der Waals surface area contributed by atoms with E-state index in [9.17, 15) is 18.0 Å². The van der Waals surface area contributed by atoms with Gasteiger partial charge < -0.3 is 5.32 Å². The topological polar surface area (TPSA) is 83.1 Å². The molecule has 2 aromatic heterocycles. The molecule has 0 unspecified atom stereocenters. The molecule has 1 aromatic carbocycles. The Morgan fingerprint density at radius 2 is 2.03 bits per heavy atom. The fraction of sp³-hybridized carbons (Fsp3) is 0.300. The third kappa shape index (κ3) is 4.91. The molecule has 0 fully saturated rings. The van der Waals surface area contributed by atoms with Gasteiger partial charge in [0.2, 0.25) is 5.91 Å². The second kappa shape index (κ2) is 8.75. The van der Waals surface area contributed by atoms with Gasteiger partial charge in [-0.2, -0.15) is 23.5 Å². The zero-order valence-electron chi connectivity index (χ0n) is 16.2. The Morgan fingerprint density at radius 3 is 2.73 bits per heavy atom. The number of halogens is 3. The van der Waals surface area contributed by atoms with Crippen LogP contribution in [0.4, 0.5) is 18.9 Å². The van der Waals surface area contributed by atoms with Crippen molar-refractivity contribution in [3.8, 4) is 6.07 Å². The summed E-state index contributed by atoms with van der Waals surface area (Å²) >= 11 is 0.634. The average Bonchev–Trinajstić information content (AvgIpc) is 3.09. The number of amides is 1. The van der Waals surface area contributed by atoms with E-state index in [2.05, 4.69) is 15.4 Å². The maximum atomic E-state index is 12.5.